The van der Waals surface area contributed by atoms with Crippen molar-refractivity contribution in [3.63, 3.8) is 0 Å². The Balaban J connectivity index is 2.42. The number of aromatic nitrogens is 2. The number of carbonyl (C=O) groups is 1. The molecule has 10 heteroatoms. The van der Waals surface area contributed by atoms with E-state index >= 15 is 0 Å². The third-order valence-corrected chi connectivity index (χ3v) is 3.46. The van der Waals surface area contributed by atoms with Gasteiger partial charge in [0.05, 0.1) is 5.69 Å². The number of halogens is 3. The van der Waals surface area contributed by atoms with Gasteiger partial charge < -0.3 is 10.4 Å². The number of hydrogen-bond acceptors (Lipinski definition) is 4. The molecule has 1 aromatic carbocycles. The lowest BCUT2D eigenvalue weighted by atomic mass is 9.97. The van der Waals surface area contributed by atoms with Gasteiger partial charge in [0.15, 0.2) is 0 Å². The molecule has 0 saturated carbocycles. The summed E-state index contributed by atoms with van der Waals surface area (Å²) in [6, 6.07) is 7.39. The summed E-state index contributed by atoms with van der Waals surface area (Å²) in [5, 5.41) is 11.6. The maximum atomic E-state index is 13.1. The maximum Gasteiger partial charge on any atom is 0.431 e. The van der Waals surface area contributed by atoms with Crippen LogP contribution in [0.2, 0.25) is 0 Å². The SMILES string of the molecule is O=C1Nc2c(c(=O)[nH]c(=O)n2-c2ccccc2)[C@@]1(O)C(F)(F)F. The zero-order valence-electron chi connectivity index (χ0n) is 11.1. The van der Waals surface area contributed by atoms with Crippen LogP contribution in [0.25, 0.3) is 5.69 Å². The normalized spacial score (nSPS) is 20.3. The van der Waals surface area contributed by atoms with Crippen LogP contribution in [0, 0.1) is 0 Å². The van der Waals surface area contributed by atoms with Crippen LogP contribution in [-0.4, -0.2) is 26.7 Å². The number of anilines is 1. The molecule has 0 spiro atoms. The van der Waals surface area contributed by atoms with Gasteiger partial charge in [-0.3, -0.25) is 14.6 Å². The van der Waals surface area contributed by atoms with Crippen molar-refractivity contribution in [3.05, 3.63) is 56.7 Å². The number of aliphatic hydroxyl groups is 1. The second-order valence-corrected chi connectivity index (χ2v) is 4.82. The number of aromatic amines is 1. The molecule has 0 unspecified atom stereocenters. The molecular weight excluding hydrogens is 319 g/mol. The first kappa shape index (κ1) is 15.0. The van der Waals surface area contributed by atoms with Crippen LogP contribution < -0.4 is 16.6 Å². The van der Waals surface area contributed by atoms with Gasteiger partial charge in [0, 0.05) is 0 Å². The number of nitrogens with one attached hydrogen (secondary N) is 2. The minimum absolute atomic E-state index is 0.108. The maximum absolute atomic E-state index is 13.1. The van der Waals surface area contributed by atoms with E-state index in [2.05, 4.69) is 0 Å². The molecule has 0 bridgehead atoms. The summed E-state index contributed by atoms with van der Waals surface area (Å²) in [5.74, 6) is -2.56. The molecule has 1 aliphatic rings. The molecule has 120 valence electrons. The Labute approximate surface area is 125 Å². The Hall–Kier alpha value is -2.88. The number of hydrogen-bond donors (Lipinski definition) is 3. The first-order valence-electron chi connectivity index (χ1n) is 6.23. The Bertz CT molecular complexity index is 917. The predicted octanol–water partition coefficient (Wildman–Crippen LogP) is 0.228. The van der Waals surface area contributed by atoms with E-state index in [1.807, 2.05) is 0 Å². The van der Waals surface area contributed by atoms with Gasteiger partial charge in [-0.2, -0.15) is 13.2 Å². The van der Waals surface area contributed by atoms with E-state index in [1.165, 1.54) is 24.3 Å². The number of amides is 1. The quantitative estimate of drug-likeness (QED) is 0.697. The molecule has 7 nitrogen and oxygen atoms in total. The van der Waals surface area contributed by atoms with Crippen LogP contribution in [-0.2, 0) is 10.4 Å². The van der Waals surface area contributed by atoms with Crippen LogP contribution in [0.4, 0.5) is 19.0 Å². The Morgan fingerprint density at radius 3 is 2.26 bits per heavy atom. The monoisotopic (exact) mass is 327 g/mol. The summed E-state index contributed by atoms with van der Waals surface area (Å²) in [6.07, 6.45) is -5.44. The molecular formula is C13H8F3N3O4. The number of H-pyrrole nitrogens is 1. The van der Waals surface area contributed by atoms with Crippen molar-refractivity contribution in [2.24, 2.45) is 0 Å². The molecule has 1 atom stereocenters. The van der Waals surface area contributed by atoms with Gasteiger partial charge in [0.2, 0.25) is 0 Å². The molecule has 1 amide bonds. The minimum atomic E-state index is -5.44. The summed E-state index contributed by atoms with van der Waals surface area (Å²) in [4.78, 5) is 37.1. The van der Waals surface area contributed by atoms with E-state index < -0.39 is 40.3 Å². The van der Waals surface area contributed by atoms with Crippen molar-refractivity contribution in [2.45, 2.75) is 11.8 Å². The van der Waals surface area contributed by atoms with E-state index in [4.69, 9.17) is 0 Å². The molecule has 2 aromatic rings. The zero-order chi connectivity index (χ0) is 17.0. The third kappa shape index (κ3) is 1.91. The van der Waals surface area contributed by atoms with Gasteiger partial charge in [-0.05, 0) is 12.1 Å². The fourth-order valence-electron chi connectivity index (χ4n) is 2.40. The highest BCUT2D eigenvalue weighted by atomic mass is 19.4. The van der Waals surface area contributed by atoms with Gasteiger partial charge in [-0.15, -0.1) is 0 Å². The number of alkyl halides is 3. The Morgan fingerprint density at radius 2 is 1.70 bits per heavy atom. The van der Waals surface area contributed by atoms with Crippen molar-refractivity contribution < 1.29 is 23.1 Å². The molecule has 0 fully saturated rings. The van der Waals surface area contributed by atoms with Gasteiger partial charge in [-0.1, -0.05) is 18.2 Å². The van der Waals surface area contributed by atoms with Crippen LogP contribution >= 0.6 is 0 Å². The topological polar surface area (TPSA) is 104 Å². The number of carbonyl (C=O) groups excluding carboxylic acids is 1. The lowest BCUT2D eigenvalue weighted by molar-refractivity contribution is -0.252. The largest absolute Gasteiger partial charge is 0.431 e. The highest BCUT2D eigenvalue weighted by Crippen LogP contribution is 2.44. The fourth-order valence-corrected chi connectivity index (χ4v) is 2.40. The van der Waals surface area contributed by atoms with Gasteiger partial charge >= 0.3 is 11.9 Å². The molecule has 3 rings (SSSR count). The summed E-state index contributed by atoms with van der Waals surface area (Å²) in [6.45, 7) is 0. The van der Waals surface area contributed by atoms with Gasteiger partial charge in [-0.25, -0.2) is 9.36 Å². The van der Waals surface area contributed by atoms with Crippen molar-refractivity contribution in [3.8, 4) is 5.69 Å². The van der Waals surface area contributed by atoms with Crippen molar-refractivity contribution in [2.75, 3.05) is 5.32 Å². The minimum Gasteiger partial charge on any atom is -0.368 e. The lowest BCUT2D eigenvalue weighted by Gasteiger charge is -2.22. The van der Waals surface area contributed by atoms with Crippen molar-refractivity contribution in [1.82, 2.24) is 9.55 Å². The highest BCUT2D eigenvalue weighted by molar-refractivity contribution is 6.04. The highest BCUT2D eigenvalue weighted by Gasteiger charge is 2.66. The predicted molar refractivity (Wildman–Crippen MR) is 71.2 cm³/mol. The van der Waals surface area contributed by atoms with Crippen LogP contribution in [0.3, 0.4) is 0 Å². The second-order valence-electron chi connectivity index (χ2n) is 4.82. The zero-order valence-corrected chi connectivity index (χ0v) is 11.1. The van der Waals surface area contributed by atoms with Crippen LogP contribution in [0.5, 0.6) is 0 Å². The molecule has 0 aliphatic carbocycles. The molecule has 1 aromatic heterocycles. The molecule has 3 N–H and O–H groups in total. The van der Waals surface area contributed by atoms with E-state index in [9.17, 15) is 32.7 Å². The van der Waals surface area contributed by atoms with E-state index in [0.717, 1.165) is 0 Å². The molecule has 0 radical (unpaired) electrons. The van der Waals surface area contributed by atoms with Gasteiger partial charge in [0.25, 0.3) is 17.1 Å². The fraction of sp³-hybridized carbons (Fsp3) is 0.154. The van der Waals surface area contributed by atoms with E-state index in [1.54, 1.807) is 16.4 Å². The summed E-state index contributed by atoms with van der Waals surface area (Å²) in [7, 11) is 0. The number of fused-ring (bicyclic) bond motifs is 1. The lowest BCUT2D eigenvalue weighted by Crippen LogP contribution is -2.50. The van der Waals surface area contributed by atoms with Crippen molar-refractivity contribution >= 4 is 11.7 Å². The van der Waals surface area contributed by atoms with Gasteiger partial charge in [0.1, 0.15) is 11.4 Å². The number of rotatable bonds is 1. The van der Waals surface area contributed by atoms with Crippen LogP contribution in [0.1, 0.15) is 5.56 Å². The molecule has 2 heterocycles. The average Bonchev–Trinajstić information content (AvgIpc) is 2.73. The van der Waals surface area contributed by atoms with E-state index in [-0.39, 0.29) is 5.69 Å². The summed E-state index contributed by atoms with van der Waals surface area (Å²) in [5.41, 5.74) is -7.72. The number of benzene rings is 1. The van der Waals surface area contributed by atoms with Crippen molar-refractivity contribution in [1.29, 1.82) is 0 Å². The number of nitrogens with zero attached hydrogens (tertiary/aromatic N) is 1. The summed E-state index contributed by atoms with van der Waals surface area (Å²) >= 11 is 0. The molecule has 1 aliphatic heterocycles. The first-order chi connectivity index (χ1) is 10.7. The summed E-state index contributed by atoms with van der Waals surface area (Å²) < 4.78 is 40.1. The second kappa shape index (κ2) is 4.56. The standard InChI is InChI=1S/C13H8F3N3O4/c14-13(15,16)12(23)7-8(17-10(12)21)19(11(22)18-9(7)20)6-4-2-1-3-5-6/h1-5,23H,(H,17,21)(H,18,20,22)/t12-/m0/s1. The molecule has 23 heavy (non-hydrogen) atoms. The molecule has 0 saturated heterocycles. The third-order valence-electron chi connectivity index (χ3n) is 3.46. The Kier molecular flexibility index (Phi) is 2.98. The van der Waals surface area contributed by atoms with E-state index in [0.29, 0.717) is 4.57 Å². The number of para-hydroxylation sites is 1. The first-order valence-corrected chi connectivity index (χ1v) is 6.23. The van der Waals surface area contributed by atoms with Crippen LogP contribution in [0.15, 0.2) is 39.9 Å². The average molecular weight is 327 g/mol. The Morgan fingerprint density at radius 1 is 1.09 bits per heavy atom. The smallest absolute Gasteiger partial charge is 0.368 e.